The molecule has 0 saturated heterocycles. The van der Waals surface area contributed by atoms with Crippen molar-refractivity contribution in [2.75, 3.05) is 31.6 Å². The number of aryl methyl sites for hydroxylation is 1. The quantitative estimate of drug-likeness (QED) is 0.235. The lowest BCUT2D eigenvalue weighted by Crippen LogP contribution is -2.52. The molecule has 0 aliphatic rings. The van der Waals surface area contributed by atoms with Gasteiger partial charge in [-0.1, -0.05) is 60.8 Å². The van der Waals surface area contributed by atoms with Crippen molar-refractivity contribution in [3.63, 3.8) is 0 Å². The highest BCUT2D eigenvalue weighted by Gasteiger charge is 2.35. The molecule has 1 unspecified atom stereocenters. The van der Waals surface area contributed by atoms with Crippen LogP contribution in [0.25, 0.3) is 0 Å². The van der Waals surface area contributed by atoms with Gasteiger partial charge in [-0.25, -0.2) is 8.42 Å². The van der Waals surface area contributed by atoms with Gasteiger partial charge in [-0.3, -0.25) is 13.9 Å². The molecule has 1 atom stereocenters. The minimum Gasteiger partial charge on any atom is -0.497 e. The van der Waals surface area contributed by atoms with Crippen LogP contribution in [-0.4, -0.2) is 58.5 Å². The standard InChI is InChI=1S/C31H37Cl2N3O6S/c1-6-17-34-31(38)27(7-2)35(19-24-25(32)9-8-10-26(24)33)30(37)20-36(28-18-22(41-4)13-16-29(28)42-5)43(39,40)23-14-11-21(3)12-15-23/h8-16,18,27H,6-7,17,19-20H2,1-5H3,(H,34,38). The van der Waals surface area contributed by atoms with Crippen LogP contribution in [0.1, 0.15) is 37.8 Å². The lowest BCUT2D eigenvalue weighted by atomic mass is 10.1. The largest absolute Gasteiger partial charge is 0.497 e. The summed E-state index contributed by atoms with van der Waals surface area (Å²) in [5, 5.41) is 3.47. The summed E-state index contributed by atoms with van der Waals surface area (Å²) in [5.74, 6) is -0.446. The van der Waals surface area contributed by atoms with Gasteiger partial charge in [0.05, 0.1) is 24.8 Å². The molecular weight excluding hydrogens is 613 g/mol. The first-order valence-corrected chi connectivity index (χ1v) is 16.0. The molecule has 0 fully saturated rings. The van der Waals surface area contributed by atoms with Crippen LogP contribution in [0.4, 0.5) is 5.69 Å². The summed E-state index contributed by atoms with van der Waals surface area (Å²) in [5.41, 5.74) is 1.40. The van der Waals surface area contributed by atoms with Crippen LogP contribution >= 0.6 is 23.2 Å². The maximum atomic E-state index is 14.3. The summed E-state index contributed by atoms with van der Waals surface area (Å²) in [4.78, 5) is 28.9. The lowest BCUT2D eigenvalue weighted by Gasteiger charge is -2.34. The van der Waals surface area contributed by atoms with Crippen LogP contribution < -0.4 is 19.1 Å². The van der Waals surface area contributed by atoms with Crippen LogP contribution in [-0.2, 0) is 26.2 Å². The molecule has 0 heterocycles. The van der Waals surface area contributed by atoms with Gasteiger partial charge in [0.1, 0.15) is 24.1 Å². The molecular formula is C31H37Cl2N3O6S. The first-order chi connectivity index (χ1) is 20.5. The summed E-state index contributed by atoms with van der Waals surface area (Å²) < 4.78 is 40.2. The zero-order chi connectivity index (χ0) is 31.7. The zero-order valence-electron chi connectivity index (χ0n) is 24.9. The second-order valence-electron chi connectivity index (χ2n) is 9.80. The Kier molecular flexibility index (Phi) is 12.1. The molecule has 0 aliphatic heterocycles. The van der Waals surface area contributed by atoms with Crippen molar-refractivity contribution in [2.24, 2.45) is 0 Å². The fourth-order valence-corrected chi connectivity index (χ4v) is 6.42. The molecule has 0 spiro atoms. The number of methoxy groups -OCH3 is 2. The number of carbonyl (C=O) groups is 2. The van der Waals surface area contributed by atoms with Crippen molar-refractivity contribution in [3.05, 3.63) is 81.8 Å². The van der Waals surface area contributed by atoms with Crippen LogP contribution in [0.2, 0.25) is 10.0 Å². The molecule has 9 nitrogen and oxygen atoms in total. The van der Waals surface area contributed by atoms with E-state index in [0.717, 1.165) is 9.87 Å². The smallest absolute Gasteiger partial charge is 0.264 e. The average Bonchev–Trinajstić information content (AvgIpc) is 2.99. The highest BCUT2D eigenvalue weighted by atomic mass is 35.5. The zero-order valence-corrected chi connectivity index (χ0v) is 27.2. The minimum atomic E-state index is -4.32. The molecule has 3 rings (SSSR count). The molecule has 0 bridgehead atoms. The fourth-order valence-electron chi connectivity index (χ4n) is 4.48. The predicted octanol–water partition coefficient (Wildman–Crippen LogP) is 5.85. The number of rotatable bonds is 14. The summed E-state index contributed by atoms with van der Waals surface area (Å²) in [6, 6.07) is 15.0. The van der Waals surface area contributed by atoms with Crippen molar-refractivity contribution < 1.29 is 27.5 Å². The Morgan fingerprint density at radius 2 is 1.60 bits per heavy atom. The molecule has 0 saturated carbocycles. The van der Waals surface area contributed by atoms with Gasteiger partial charge in [-0.15, -0.1) is 0 Å². The van der Waals surface area contributed by atoms with Gasteiger partial charge < -0.3 is 19.7 Å². The molecule has 43 heavy (non-hydrogen) atoms. The summed E-state index contributed by atoms with van der Waals surface area (Å²) >= 11 is 12.9. The molecule has 0 aliphatic carbocycles. The molecule has 0 radical (unpaired) electrons. The number of amides is 2. The number of sulfonamides is 1. The third-order valence-corrected chi connectivity index (χ3v) is 9.35. The average molecular weight is 651 g/mol. The van der Waals surface area contributed by atoms with E-state index in [4.69, 9.17) is 32.7 Å². The Morgan fingerprint density at radius 1 is 0.953 bits per heavy atom. The Hall–Kier alpha value is -3.47. The van der Waals surface area contributed by atoms with E-state index in [0.29, 0.717) is 34.3 Å². The predicted molar refractivity (Wildman–Crippen MR) is 170 cm³/mol. The van der Waals surface area contributed by atoms with Crippen molar-refractivity contribution in [1.29, 1.82) is 0 Å². The lowest BCUT2D eigenvalue weighted by molar-refractivity contribution is -0.140. The maximum Gasteiger partial charge on any atom is 0.264 e. The van der Waals surface area contributed by atoms with Crippen molar-refractivity contribution >= 4 is 50.7 Å². The number of ether oxygens (including phenoxy) is 2. The SMILES string of the molecule is CCCNC(=O)C(CC)N(Cc1c(Cl)cccc1Cl)C(=O)CN(c1cc(OC)ccc1OC)S(=O)(=O)c1ccc(C)cc1. The van der Waals surface area contributed by atoms with Crippen molar-refractivity contribution in [3.8, 4) is 11.5 Å². The second kappa shape index (κ2) is 15.3. The highest BCUT2D eigenvalue weighted by Crippen LogP contribution is 2.36. The van der Waals surface area contributed by atoms with Crippen molar-refractivity contribution in [1.82, 2.24) is 10.2 Å². The molecule has 12 heteroatoms. The molecule has 3 aromatic carbocycles. The monoisotopic (exact) mass is 649 g/mol. The van der Waals surface area contributed by atoms with E-state index in [1.165, 1.54) is 37.3 Å². The van der Waals surface area contributed by atoms with Crippen LogP contribution in [0, 0.1) is 6.92 Å². The Labute approximate surface area is 263 Å². The van der Waals surface area contributed by atoms with Gasteiger partial charge >= 0.3 is 0 Å². The minimum absolute atomic E-state index is 0.0239. The number of nitrogens with one attached hydrogen (secondary N) is 1. The third kappa shape index (κ3) is 8.13. The number of halogens is 2. The highest BCUT2D eigenvalue weighted by molar-refractivity contribution is 7.92. The number of nitrogens with zero attached hydrogens (tertiary/aromatic N) is 2. The van der Waals surface area contributed by atoms with Crippen molar-refractivity contribution in [2.45, 2.75) is 51.1 Å². The fraction of sp³-hybridized carbons (Fsp3) is 0.355. The summed E-state index contributed by atoms with van der Waals surface area (Å²) in [6.07, 6.45) is 0.960. The third-order valence-electron chi connectivity index (χ3n) is 6.87. The van der Waals surface area contributed by atoms with Gasteiger partial charge in [0.15, 0.2) is 0 Å². The molecule has 2 amide bonds. The molecule has 1 N–H and O–H groups in total. The second-order valence-corrected chi connectivity index (χ2v) is 12.5. The van der Waals surface area contributed by atoms with Crippen LogP contribution in [0.3, 0.4) is 0 Å². The van der Waals surface area contributed by atoms with E-state index in [-0.39, 0.29) is 35.2 Å². The van der Waals surface area contributed by atoms with E-state index < -0.39 is 28.5 Å². The van der Waals surface area contributed by atoms with E-state index in [9.17, 15) is 18.0 Å². The van der Waals surface area contributed by atoms with Gasteiger partial charge in [0.25, 0.3) is 10.0 Å². The van der Waals surface area contributed by atoms with E-state index in [1.807, 2.05) is 13.8 Å². The van der Waals surface area contributed by atoms with E-state index in [1.54, 1.807) is 49.4 Å². The maximum absolute atomic E-state index is 14.3. The van der Waals surface area contributed by atoms with Crippen LogP contribution in [0.5, 0.6) is 11.5 Å². The number of anilines is 1. The van der Waals surface area contributed by atoms with Gasteiger partial charge in [-0.05, 0) is 56.2 Å². The van der Waals surface area contributed by atoms with Gasteiger partial charge in [0.2, 0.25) is 11.8 Å². The first kappa shape index (κ1) is 34.0. The molecule has 3 aromatic rings. The van der Waals surface area contributed by atoms with E-state index in [2.05, 4.69) is 5.32 Å². The van der Waals surface area contributed by atoms with Gasteiger partial charge in [0, 0.05) is 34.8 Å². The Balaban J connectivity index is 2.18. The number of hydrogen-bond donors (Lipinski definition) is 1. The number of benzene rings is 3. The Bertz CT molecular complexity index is 1510. The summed E-state index contributed by atoms with van der Waals surface area (Å²) in [6.45, 7) is 5.18. The summed E-state index contributed by atoms with van der Waals surface area (Å²) in [7, 11) is -1.46. The van der Waals surface area contributed by atoms with E-state index >= 15 is 0 Å². The number of carbonyl (C=O) groups excluding carboxylic acids is 2. The molecule has 0 aromatic heterocycles. The van der Waals surface area contributed by atoms with Gasteiger partial charge in [-0.2, -0.15) is 0 Å². The topological polar surface area (TPSA) is 105 Å². The first-order valence-electron chi connectivity index (χ1n) is 13.8. The molecule has 232 valence electrons. The number of hydrogen-bond acceptors (Lipinski definition) is 6. The van der Waals surface area contributed by atoms with Crippen LogP contribution in [0.15, 0.2) is 65.6 Å². The Morgan fingerprint density at radius 3 is 2.16 bits per heavy atom. The normalized spacial score (nSPS) is 11.9.